The molecule has 2 aliphatic heterocycles. The van der Waals surface area contributed by atoms with Gasteiger partial charge >= 0.3 is 0 Å². The molecule has 2 saturated carbocycles. The van der Waals surface area contributed by atoms with E-state index in [-0.39, 0.29) is 5.60 Å². The summed E-state index contributed by atoms with van der Waals surface area (Å²) < 4.78 is 18.2. The summed E-state index contributed by atoms with van der Waals surface area (Å²) in [5.74, 6) is 2.42. The summed E-state index contributed by atoms with van der Waals surface area (Å²) in [4.78, 5) is 5.79. The van der Waals surface area contributed by atoms with Crippen LogP contribution in [0.15, 0.2) is 23.4 Å². The van der Waals surface area contributed by atoms with Gasteiger partial charge in [0, 0.05) is 18.4 Å². The molecule has 1 aromatic rings. The van der Waals surface area contributed by atoms with Crippen molar-refractivity contribution in [2.45, 2.75) is 82.3 Å². The van der Waals surface area contributed by atoms with E-state index < -0.39 is 0 Å². The fourth-order valence-corrected chi connectivity index (χ4v) is 5.12. The molecule has 5 heteroatoms. The van der Waals surface area contributed by atoms with E-state index in [9.17, 15) is 0 Å². The van der Waals surface area contributed by atoms with Crippen LogP contribution in [0.2, 0.25) is 0 Å². The molecule has 2 aliphatic carbocycles. The van der Waals surface area contributed by atoms with Crippen LogP contribution in [-0.4, -0.2) is 37.2 Å². The third kappa shape index (κ3) is 4.40. The van der Waals surface area contributed by atoms with Gasteiger partial charge in [0.1, 0.15) is 0 Å². The van der Waals surface area contributed by atoms with Crippen LogP contribution in [-0.2, 0) is 9.57 Å². The zero-order valence-corrected chi connectivity index (χ0v) is 17.4. The fraction of sp³-hybridized carbons (Fsp3) is 0.708. The molecule has 1 aromatic carbocycles. The largest absolute Gasteiger partial charge is 0.489 e. The number of hydrogen-bond acceptors (Lipinski definition) is 5. The van der Waals surface area contributed by atoms with E-state index >= 15 is 0 Å². The molecule has 0 aromatic heterocycles. The van der Waals surface area contributed by atoms with Crippen molar-refractivity contribution in [2.75, 3.05) is 19.8 Å². The Morgan fingerprint density at radius 1 is 1.00 bits per heavy atom. The van der Waals surface area contributed by atoms with Crippen LogP contribution >= 0.6 is 0 Å². The maximum atomic E-state index is 6.36. The molecule has 0 amide bonds. The molecule has 29 heavy (non-hydrogen) atoms. The molecule has 5 nitrogen and oxygen atoms in total. The highest BCUT2D eigenvalue weighted by molar-refractivity contribution is 6.02. The summed E-state index contributed by atoms with van der Waals surface area (Å²) in [7, 11) is 0. The van der Waals surface area contributed by atoms with Gasteiger partial charge in [-0.2, -0.15) is 0 Å². The van der Waals surface area contributed by atoms with E-state index in [0.717, 1.165) is 61.7 Å². The Morgan fingerprint density at radius 3 is 2.62 bits per heavy atom. The van der Waals surface area contributed by atoms with Crippen molar-refractivity contribution < 1.29 is 19.0 Å². The average molecular weight is 400 g/mol. The average Bonchev–Trinajstić information content (AvgIpc) is 3.52. The van der Waals surface area contributed by atoms with E-state index in [1.54, 1.807) is 0 Å². The van der Waals surface area contributed by atoms with Crippen LogP contribution in [0.5, 0.6) is 11.5 Å². The lowest BCUT2D eigenvalue weighted by molar-refractivity contribution is -0.0237. The van der Waals surface area contributed by atoms with E-state index in [0.29, 0.717) is 18.6 Å². The van der Waals surface area contributed by atoms with Crippen molar-refractivity contribution in [3.63, 3.8) is 0 Å². The lowest BCUT2D eigenvalue weighted by Gasteiger charge is -2.23. The van der Waals surface area contributed by atoms with E-state index in [1.165, 1.54) is 44.9 Å². The van der Waals surface area contributed by atoms with Crippen molar-refractivity contribution in [3.05, 3.63) is 23.8 Å². The quantitative estimate of drug-likeness (QED) is 0.655. The number of hydrogen-bond donors (Lipinski definition) is 0. The Kier molecular flexibility index (Phi) is 5.67. The standard InChI is InChI=1S/C24H33NO4/c1-2-6-18(7-3-1)16-27-23-14-19(10-11-22(23)28-20-8-4-5-9-20)21-15-24(29-25-21)12-13-26-17-24/h10-11,14,18,20H,1-9,12-13,15-17H2. The molecule has 1 unspecified atom stereocenters. The molecule has 158 valence electrons. The minimum atomic E-state index is -0.253. The van der Waals surface area contributed by atoms with Crippen molar-refractivity contribution in [1.82, 2.24) is 0 Å². The summed E-state index contributed by atoms with van der Waals surface area (Å²) >= 11 is 0. The van der Waals surface area contributed by atoms with Crippen molar-refractivity contribution >= 4 is 5.71 Å². The van der Waals surface area contributed by atoms with Gasteiger partial charge in [0.2, 0.25) is 0 Å². The summed E-state index contributed by atoms with van der Waals surface area (Å²) in [5.41, 5.74) is 1.81. The van der Waals surface area contributed by atoms with Crippen LogP contribution < -0.4 is 9.47 Å². The Hall–Kier alpha value is -1.75. The van der Waals surface area contributed by atoms with Crippen LogP contribution in [0, 0.1) is 5.92 Å². The van der Waals surface area contributed by atoms with Crippen molar-refractivity contribution in [2.24, 2.45) is 11.1 Å². The van der Waals surface area contributed by atoms with Gasteiger partial charge in [0.15, 0.2) is 17.1 Å². The smallest absolute Gasteiger partial charge is 0.168 e. The summed E-state index contributed by atoms with van der Waals surface area (Å²) in [6, 6.07) is 6.29. The van der Waals surface area contributed by atoms with E-state index in [4.69, 9.17) is 19.0 Å². The van der Waals surface area contributed by atoms with Crippen LogP contribution in [0.3, 0.4) is 0 Å². The van der Waals surface area contributed by atoms with E-state index in [1.807, 2.05) is 0 Å². The van der Waals surface area contributed by atoms with Gasteiger partial charge in [0.25, 0.3) is 0 Å². The second-order valence-electron chi connectivity index (χ2n) is 9.29. The predicted octanol–water partition coefficient (Wildman–Crippen LogP) is 5.25. The molecule has 0 radical (unpaired) electrons. The lowest BCUT2D eigenvalue weighted by Crippen LogP contribution is -2.29. The maximum absolute atomic E-state index is 6.36. The minimum Gasteiger partial charge on any atom is -0.489 e. The highest BCUT2D eigenvalue weighted by Crippen LogP contribution is 2.38. The first-order valence-corrected chi connectivity index (χ1v) is 11.6. The zero-order chi connectivity index (χ0) is 19.5. The summed E-state index contributed by atoms with van der Waals surface area (Å²) in [6.07, 6.45) is 13.4. The molecule has 5 rings (SSSR count). The second-order valence-corrected chi connectivity index (χ2v) is 9.29. The topological polar surface area (TPSA) is 49.3 Å². The lowest BCUT2D eigenvalue weighted by atomic mass is 9.90. The second kappa shape index (κ2) is 8.55. The SMILES string of the molecule is c1cc(OC2CCCC2)c(OCC2CCCCC2)cc1C1=NOC2(CCOC2)C1. The number of benzene rings is 1. The van der Waals surface area contributed by atoms with Gasteiger partial charge in [0.05, 0.1) is 31.6 Å². The molecular formula is C24H33NO4. The first-order chi connectivity index (χ1) is 14.3. The summed E-state index contributed by atoms with van der Waals surface area (Å²) in [6.45, 7) is 2.17. The number of nitrogens with zero attached hydrogens (tertiary/aromatic N) is 1. The van der Waals surface area contributed by atoms with Crippen molar-refractivity contribution in [1.29, 1.82) is 0 Å². The molecule has 1 saturated heterocycles. The van der Waals surface area contributed by atoms with Gasteiger partial charge < -0.3 is 19.0 Å². The predicted molar refractivity (Wildman–Crippen MR) is 112 cm³/mol. The minimum absolute atomic E-state index is 0.253. The van der Waals surface area contributed by atoms with Gasteiger partial charge in [-0.25, -0.2) is 0 Å². The normalized spacial score (nSPS) is 27.9. The fourth-order valence-electron chi connectivity index (χ4n) is 5.12. The molecular weight excluding hydrogens is 366 g/mol. The van der Waals surface area contributed by atoms with Crippen LogP contribution in [0.25, 0.3) is 0 Å². The first-order valence-electron chi connectivity index (χ1n) is 11.6. The van der Waals surface area contributed by atoms with Crippen LogP contribution in [0.1, 0.15) is 76.2 Å². The molecule has 1 atom stereocenters. The summed E-state index contributed by atoms with van der Waals surface area (Å²) in [5, 5.41) is 4.41. The maximum Gasteiger partial charge on any atom is 0.168 e. The molecule has 3 fully saturated rings. The molecule has 1 spiro atoms. The zero-order valence-electron chi connectivity index (χ0n) is 17.4. The Morgan fingerprint density at radius 2 is 1.83 bits per heavy atom. The Bertz CT molecular complexity index is 728. The van der Waals surface area contributed by atoms with Gasteiger partial charge in [-0.1, -0.05) is 24.4 Å². The number of ether oxygens (including phenoxy) is 3. The third-order valence-electron chi connectivity index (χ3n) is 6.98. The highest BCUT2D eigenvalue weighted by atomic mass is 16.7. The highest BCUT2D eigenvalue weighted by Gasteiger charge is 2.43. The third-order valence-corrected chi connectivity index (χ3v) is 6.98. The molecule has 2 heterocycles. The number of oxime groups is 1. The molecule has 0 N–H and O–H groups in total. The van der Waals surface area contributed by atoms with Gasteiger partial charge in [-0.05, 0) is 62.6 Å². The van der Waals surface area contributed by atoms with Crippen molar-refractivity contribution in [3.8, 4) is 11.5 Å². The number of rotatable bonds is 6. The molecule has 4 aliphatic rings. The van der Waals surface area contributed by atoms with Crippen LogP contribution in [0.4, 0.5) is 0 Å². The van der Waals surface area contributed by atoms with Gasteiger partial charge in [-0.3, -0.25) is 0 Å². The molecule has 0 bridgehead atoms. The van der Waals surface area contributed by atoms with E-state index in [2.05, 4.69) is 23.4 Å². The Labute approximate surface area is 173 Å². The first kappa shape index (κ1) is 19.2. The van der Waals surface area contributed by atoms with Gasteiger partial charge in [-0.15, -0.1) is 0 Å². The Balaban J connectivity index is 1.32. The monoisotopic (exact) mass is 399 g/mol.